The molecule has 0 radical (unpaired) electrons. The number of hydrogen-bond donors (Lipinski definition) is 0. The Kier molecular flexibility index (Phi) is 4.37. The van der Waals surface area contributed by atoms with E-state index in [-0.39, 0.29) is 5.78 Å². The van der Waals surface area contributed by atoms with Gasteiger partial charge >= 0.3 is 0 Å². The lowest BCUT2D eigenvalue weighted by molar-refractivity contribution is 0.0988. The molecule has 0 spiro atoms. The van der Waals surface area contributed by atoms with Crippen molar-refractivity contribution in [3.63, 3.8) is 0 Å². The molecule has 1 heterocycles. The first-order valence-corrected chi connectivity index (χ1v) is 4.96. The van der Waals surface area contributed by atoms with E-state index in [9.17, 15) is 4.79 Å². The second-order valence-electron chi connectivity index (χ2n) is 3.46. The Bertz CT molecular complexity index is 319. The summed E-state index contributed by atoms with van der Waals surface area (Å²) in [6.07, 6.45) is 0.934. The number of ketones is 1. The molecular formula is C11H17NO3. The maximum absolute atomic E-state index is 11.0. The van der Waals surface area contributed by atoms with Gasteiger partial charge in [0.25, 0.3) is 0 Å². The molecule has 0 unspecified atom stereocenters. The number of nitrogens with zero attached hydrogens (tertiary/aromatic N) is 1. The van der Waals surface area contributed by atoms with Crippen LogP contribution in [0, 0.1) is 0 Å². The highest BCUT2D eigenvalue weighted by molar-refractivity contribution is 5.91. The molecule has 0 fully saturated rings. The molecule has 0 atom stereocenters. The minimum absolute atomic E-state index is 0.0495. The normalized spacial score (nSPS) is 10.3. The molecule has 0 bridgehead atoms. The van der Waals surface area contributed by atoms with Crippen molar-refractivity contribution in [2.24, 2.45) is 0 Å². The maximum Gasteiger partial charge on any atom is 0.196 e. The predicted octanol–water partition coefficient (Wildman–Crippen LogP) is 1.95. The number of methoxy groups -OCH3 is 1. The van der Waals surface area contributed by atoms with Gasteiger partial charge in [-0.1, -0.05) is 0 Å². The van der Waals surface area contributed by atoms with Crippen LogP contribution in [0.15, 0.2) is 16.5 Å². The average molecular weight is 211 g/mol. The minimum atomic E-state index is -0.0495. The SMILES string of the molecule is COCCCN(C)c1ccc(C(C)=O)o1. The first-order chi connectivity index (χ1) is 7.15. The summed E-state index contributed by atoms with van der Waals surface area (Å²) < 4.78 is 10.3. The number of Topliss-reactive ketones (excluding diaryl/α,β-unsaturated/α-hetero) is 1. The topological polar surface area (TPSA) is 42.7 Å². The summed E-state index contributed by atoms with van der Waals surface area (Å²) in [5.41, 5.74) is 0. The smallest absolute Gasteiger partial charge is 0.196 e. The standard InChI is InChI=1S/C11H17NO3/c1-9(13)10-5-6-11(15-10)12(2)7-4-8-14-3/h5-6H,4,7-8H2,1-3H3. The van der Waals surface area contributed by atoms with Gasteiger partial charge in [0.1, 0.15) is 0 Å². The molecule has 84 valence electrons. The van der Waals surface area contributed by atoms with Crippen molar-refractivity contribution in [2.45, 2.75) is 13.3 Å². The molecule has 1 aromatic rings. The molecule has 0 saturated carbocycles. The molecule has 0 aliphatic carbocycles. The second kappa shape index (κ2) is 5.56. The minimum Gasteiger partial charge on any atom is -0.437 e. The van der Waals surface area contributed by atoms with Crippen LogP contribution < -0.4 is 4.90 Å². The maximum atomic E-state index is 11.0. The molecule has 15 heavy (non-hydrogen) atoms. The van der Waals surface area contributed by atoms with E-state index < -0.39 is 0 Å². The van der Waals surface area contributed by atoms with Crippen molar-refractivity contribution in [2.75, 3.05) is 32.2 Å². The monoisotopic (exact) mass is 211 g/mol. The van der Waals surface area contributed by atoms with Crippen molar-refractivity contribution in [1.82, 2.24) is 0 Å². The molecule has 0 aliphatic heterocycles. The molecule has 0 saturated heterocycles. The number of furan rings is 1. The van der Waals surface area contributed by atoms with Gasteiger partial charge in [-0.2, -0.15) is 0 Å². The van der Waals surface area contributed by atoms with Crippen LogP contribution in [0.4, 0.5) is 5.88 Å². The average Bonchev–Trinajstić information content (AvgIpc) is 2.66. The number of carbonyl (C=O) groups excluding carboxylic acids is 1. The number of carbonyl (C=O) groups is 1. The van der Waals surface area contributed by atoms with Crippen LogP contribution in [-0.4, -0.2) is 33.1 Å². The van der Waals surface area contributed by atoms with E-state index in [0.717, 1.165) is 25.5 Å². The summed E-state index contributed by atoms with van der Waals surface area (Å²) in [7, 11) is 3.61. The van der Waals surface area contributed by atoms with Crippen LogP contribution in [0.2, 0.25) is 0 Å². The van der Waals surface area contributed by atoms with E-state index in [4.69, 9.17) is 9.15 Å². The fraction of sp³-hybridized carbons (Fsp3) is 0.545. The Labute approximate surface area is 89.8 Å². The Morgan fingerprint density at radius 3 is 2.80 bits per heavy atom. The Hall–Kier alpha value is -1.29. The molecule has 4 heteroatoms. The molecular weight excluding hydrogens is 194 g/mol. The Morgan fingerprint density at radius 1 is 1.53 bits per heavy atom. The third-order valence-corrected chi connectivity index (χ3v) is 2.16. The van der Waals surface area contributed by atoms with Crippen molar-refractivity contribution in [3.8, 4) is 0 Å². The largest absolute Gasteiger partial charge is 0.437 e. The van der Waals surface area contributed by atoms with Crippen LogP contribution in [0.3, 0.4) is 0 Å². The first kappa shape index (κ1) is 11.8. The van der Waals surface area contributed by atoms with Crippen molar-refractivity contribution in [3.05, 3.63) is 17.9 Å². The molecule has 0 aromatic carbocycles. The van der Waals surface area contributed by atoms with Crippen LogP contribution in [0.1, 0.15) is 23.9 Å². The summed E-state index contributed by atoms with van der Waals surface area (Å²) in [5.74, 6) is 1.08. The van der Waals surface area contributed by atoms with Gasteiger partial charge in [-0.05, 0) is 12.5 Å². The Balaban J connectivity index is 2.50. The highest BCUT2D eigenvalue weighted by Crippen LogP contribution is 2.17. The third-order valence-electron chi connectivity index (χ3n) is 2.16. The van der Waals surface area contributed by atoms with E-state index >= 15 is 0 Å². The van der Waals surface area contributed by atoms with Crippen LogP contribution in [0.25, 0.3) is 0 Å². The van der Waals surface area contributed by atoms with E-state index in [2.05, 4.69) is 0 Å². The number of rotatable bonds is 6. The summed E-state index contributed by atoms with van der Waals surface area (Å²) in [5, 5.41) is 0. The molecule has 0 aliphatic rings. The summed E-state index contributed by atoms with van der Waals surface area (Å²) in [6.45, 7) is 3.07. The lowest BCUT2D eigenvalue weighted by Gasteiger charge is -2.15. The molecule has 0 amide bonds. The lowest BCUT2D eigenvalue weighted by atomic mass is 10.3. The van der Waals surface area contributed by atoms with Crippen molar-refractivity contribution >= 4 is 11.7 Å². The zero-order valence-electron chi connectivity index (χ0n) is 9.45. The van der Waals surface area contributed by atoms with E-state index in [0.29, 0.717) is 5.76 Å². The zero-order chi connectivity index (χ0) is 11.3. The van der Waals surface area contributed by atoms with Crippen LogP contribution >= 0.6 is 0 Å². The van der Waals surface area contributed by atoms with Crippen LogP contribution in [0.5, 0.6) is 0 Å². The Morgan fingerprint density at radius 2 is 2.27 bits per heavy atom. The quantitative estimate of drug-likeness (QED) is 0.533. The van der Waals surface area contributed by atoms with Gasteiger partial charge in [-0.25, -0.2) is 0 Å². The van der Waals surface area contributed by atoms with Crippen molar-refractivity contribution < 1.29 is 13.9 Å². The van der Waals surface area contributed by atoms with E-state index in [1.165, 1.54) is 6.92 Å². The fourth-order valence-electron chi connectivity index (χ4n) is 1.28. The summed E-state index contributed by atoms with van der Waals surface area (Å²) in [6, 6.07) is 3.51. The van der Waals surface area contributed by atoms with Crippen molar-refractivity contribution in [1.29, 1.82) is 0 Å². The highest BCUT2D eigenvalue weighted by Gasteiger charge is 2.09. The first-order valence-electron chi connectivity index (χ1n) is 4.96. The van der Waals surface area contributed by atoms with Gasteiger partial charge in [0.15, 0.2) is 17.4 Å². The number of anilines is 1. The van der Waals surface area contributed by atoms with Gasteiger partial charge in [-0.15, -0.1) is 0 Å². The van der Waals surface area contributed by atoms with Gasteiger partial charge in [0.05, 0.1) is 0 Å². The van der Waals surface area contributed by atoms with E-state index in [1.54, 1.807) is 13.2 Å². The van der Waals surface area contributed by atoms with Crippen LogP contribution in [-0.2, 0) is 4.74 Å². The molecule has 4 nitrogen and oxygen atoms in total. The summed E-state index contributed by atoms with van der Waals surface area (Å²) in [4.78, 5) is 13.0. The molecule has 1 rings (SSSR count). The fourth-order valence-corrected chi connectivity index (χ4v) is 1.28. The molecule has 0 N–H and O–H groups in total. The molecule has 1 aromatic heterocycles. The predicted molar refractivity (Wildman–Crippen MR) is 58.5 cm³/mol. The van der Waals surface area contributed by atoms with Gasteiger partial charge < -0.3 is 14.1 Å². The second-order valence-corrected chi connectivity index (χ2v) is 3.46. The third kappa shape index (κ3) is 3.40. The highest BCUT2D eigenvalue weighted by atomic mass is 16.5. The zero-order valence-corrected chi connectivity index (χ0v) is 9.45. The van der Waals surface area contributed by atoms with Gasteiger partial charge in [0, 0.05) is 40.3 Å². The number of hydrogen-bond acceptors (Lipinski definition) is 4. The summed E-state index contributed by atoms with van der Waals surface area (Å²) >= 11 is 0. The van der Waals surface area contributed by atoms with Gasteiger partial charge in [-0.3, -0.25) is 4.79 Å². The van der Waals surface area contributed by atoms with E-state index in [1.807, 2.05) is 18.0 Å². The lowest BCUT2D eigenvalue weighted by Crippen LogP contribution is -2.18. The number of ether oxygens (including phenoxy) is 1. The van der Waals surface area contributed by atoms with Gasteiger partial charge in [0.2, 0.25) is 0 Å².